The van der Waals surface area contributed by atoms with Crippen molar-refractivity contribution in [2.45, 2.75) is 6.92 Å². The highest BCUT2D eigenvalue weighted by atomic mass is 32.2. The molecule has 0 unspecified atom stereocenters. The molecule has 1 aliphatic rings. The maximum absolute atomic E-state index is 10.7. The summed E-state index contributed by atoms with van der Waals surface area (Å²) < 4.78 is 4.91. The molecule has 1 aromatic rings. The number of amides is 1. The number of hydrogen-bond donors (Lipinski definition) is 0. The third kappa shape index (κ3) is 2.62. The van der Waals surface area contributed by atoms with Gasteiger partial charge in [0, 0.05) is 11.5 Å². The van der Waals surface area contributed by atoms with Crippen LogP contribution in [-0.2, 0) is 4.79 Å². The number of hydrogen-bond acceptors (Lipinski definition) is 5. The van der Waals surface area contributed by atoms with E-state index in [1.807, 2.05) is 11.8 Å². The van der Waals surface area contributed by atoms with Crippen molar-refractivity contribution in [2.24, 2.45) is 0 Å². The Morgan fingerprint density at radius 1 is 1.67 bits per heavy atom. The summed E-state index contributed by atoms with van der Waals surface area (Å²) in [6, 6.07) is 0. The molecule has 0 atom stereocenters. The standard InChI is InChI=1S/C8H12N4O2S/c1-7(13)9-8-6-12(10-14-8)11-2-4-15-5-3-11/h6H,2-5H2,1H3. The third-order valence-corrected chi connectivity index (χ3v) is 2.93. The summed E-state index contributed by atoms with van der Waals surface area (Å²) in [5, 5.41) is 9.51. The molecule has 0 N–H and O–H groups in total. The lowest BCUT2D eigenvalue weighted by atomic mass is 10.6. The van der Waals surface area contributed by atoms with Crippen LogP contribution in [0, 0.1) is 0 Å². The number of aromatic nitrogens is 2. The van der Waals surface area contributed by atoms with Gasteiger partial charge in [0.2, 0.25) is 5.27 Å². The first-order valence-electron chi connectivity index (χ1n) is 4.69. The summed E-state index contributed by atoms with van der Waals surface area (Å²) in [4.78, 5) is 12.3. The predicted molar refractivity (Wildman–Crippen MR) is 55.7 cm³/mol. The molecule has 1 aliphatic heterocycles. The fraction of sp³-hybridized carbons (Fsp3) is 0.625. The second-order valence-electron chi connectivity index (χ2n) is 3.16. The zero-order chi connectivity index (χ0) is 10.7. The van der Waals surface area contributed by atoms with E-state index in [1.165, 1.54) is 6.92 Å². The monoisotopic (exact) mass is 228 g/mol. The minimum Gasteiger partial charge on any atom is -0.589 e. The predicted octanol–water partition coefficient (Wildman–Crippen LogP) is 0.199. The molecule has 6 nitrogen and oxygen atoms in total. The molecule has 2 heterocycles. The first kappa shape index (κ1) is 10.3. The van der Waals surface area contributed by atoms with Gasteiger partial charge in [-0.1, -0.05) is 0 Å². The summed E-state index contributed by atoms with van der Waals surface area (Å²) in [6.45, 7) is 3.24. The molecule has 2 rings (SSSR count). The van der Waals surface area contributed by atoms with E-state index in [0.717, 1.165) is 24.6 Å². The smallest absolute Gasteiger partial charge is 0.257 e. The highest BCUT2D eigenvalue weighted by Gasteiger charge is 2.20. The lowest BCUT2D eigenvalue weighted by molar-refractivity contribution is -0.757. The van der Waals surface area contributed by atoms with E-state index in [1.54, 1.807) is 11.0 Å². The molecule has 0 spiro atoms. The van der Waals surface area contributed by atoms with E-state index in [4.69, 9.17) is 4.52 Å². The van der Waals surface area contributed by atoms with Crippen molar-refractivity contribution in [2.75, 3.05) is 29.6 Å². The molecule has 1 fully saturated rings. The molecule has 0 radical (unpaired) electrons. The summed E-state index contributed by atoms with van der Waals surface area (Å²) in [5.41, 5.74) is 0. The third-order valence-electron chi connectivity index (χ3n) is 1.99. The van der Waals surface area contributed by atoms with Crippen molar-refractivity contribution < 1.29 is 14.1 Å². The minimum absolute atomic E-state index is 0.251. The van der Waals surface area contributed by atoms with Crippen molar-refractivity contribution in [1.29, 1.82) is 0 Å². The number of nitrogens with zero attached hydrogens (tertiary/aromatic N) is 4. The lowest BCUT2D eigenvalue weighted by Gasteiger charge is -2.17. The van der Waals surface area contributed by atoms with E-state index < -0.39 is 0 Å². The van der Waals surface area contributed by atoms with Crippen molar-refractivity contribution in [1.82, 2.24) is 5.27 Å². The Labute approximate surface area is 91.5 Å². The number of carbonyl (C=O) groups is 1. The van der Waals surface area contributed by atoms with Gasteiger partial charge in [0.05, 0.1) is 23.8 Å². The topological polar surface area (TPSA) is 64.3 Å². The van der Waals surface area contributed by atoms with Crippen molar-refractivity contribution in [3.8, 4) is 0 Å². The van der Waals surface area contributed by atoms with Crippen LogP contribution in [-0.4, -0.2) is 35.8 Å². The average molecular weight is 228 g/mol. The van der Waals surface area contributed by atoms with E-state index in [9.17, 15) is 4.79 Å². The Balaban J connectivity index is 2.02. The van der Waals surface area contributed by atoms with Crippen LogP contribution in [0.1, 0.15) is 6.92 Å². The maximum Gasteiger partial charge on any atom is 0.257 e. The van der Waals surface area contributed by atoms with Crippen molar-refractivity contribution >= 4 is 23.6 Å². The zero-order valence-corrected chi connectivity index (χ0v) is 9.24. The Hall–Kier alpha value is -1.24. The minimum atomic E-state index is -0.285. The first-order valence-corrected chi connectivity index (χ1v) is 5.85. The Bertz CT molecular complexity index is 348. The van der Waals surface area contributed by atoms with Crippen LogP contribution < -0.4 is 9.80 Å². The van der Waals surface area contributed by atoms with E-state index in [2.05, 4.69) is 15.6 Å². The van der Waals surface area contributed by atoms with Gasteiger partial charge in [-0.05, 0) is 6.92 Å². The van der Waals surface area contributed by atoms with Gasteiger partial charge < -0.3 is 14.6 Å². The van der Waals surface area contributed by atoms with Crippen LogP contribution in [0.4, 0.5) is 5.88 Å². The van der Waals surface area contributed by atoms with Crippen LogP contribution >= 0.6 is 11.8 Å². The van der Waals surface area contributed by atoms with Crippen molar-refractivity contribution in [3.05, 3.63) is 11.5 Å². The highest BCUT2D eigenvalue weighted by Crippen LogP contribution is 2.14. The van der Waals surface area contributed by atoms with E-state index in [-0.39, 0.29) is 11.8 Å². The molecule has 1 aromatic heterocycles. The van der Waals surface area contributed by atoms with Gasteiger partial charge in [0.15, 0.2) is 0 Å². The Morgan fingerprint density at radius 2 is 2.40 bits per heavy atom. The molecule has 7 heteroatoms. The number of thioether (sulfide) groups is 1. The summed E-state index contributed by atoms with van der Waals surface area (Å²) >= 11 is 1.92. The van der Waals surface area contributed by atoms with Gasteiger partial charge in [0.1, 0.15) is 5.88 Å². The Morgan fingerprint density at radius 3 is 3.07 bits per heavy atom. The molecular weight excluding hydrogens is 216 g/mol. The highest BCUT2D eigenvalue weighted by molar-refractivity contribution is 7.99. The van der Waals surface area contributed by atoms with E-state index >= 15 is 0 Å². The van der Waals surface area contributed by atoms with Gasteiger partial charge in [-0.2, -0.15) is 16.8 Å². The SMILES string of the molecule is CC(=O)[N-]c1c[n+](N2CCSCC2)no1. The van der Waals surface area contributed by atoms with Crippen LogP contribution in [0.5, 0.6) is 0 Å². The molecule has 0 saturated carbocycles. The maximum atomic E-state index is 10.7. The average Bonchev–Trinajstić information content (AvgIpc) is 2.67. The van der Waals surface area contributed by atoms with Gasteiger partial charge in [-0.15, -0.1) is 0 Å². The normalized spacial score (nSPS) is 16.5. The van der Waals surface area contributed by atoms with Crippen molar-refractivity contribution in [3.63, 3.8) is 0 Å². The van der Waals surface area contributed by atoms with E-state index in [0.29, 0.717) is 0 Å². The second kappa shape index (κ2) is 4.52. The summed E-state index contributed by atoms with van der Waals surface area (Å²) in [5.74, 6) is 2.13. The van der Waals surface area contributed by atoms with Gasteiger partial charge in [-0.25, -0.2) is 0 Å². The van der Waals surface area contributed by atoms with Gasteiger partial charge in [0.25, 0.3) is 6.20 Å². The quantitative estimate of drug-likeness (QED) is 0.676. The molecule has 1 amide bonds. The summed E-state index contributed by atoms with van der Waals surface area (Å²) in [6.07, 6.45) is 1.62. The van der Waals surface area contributed by atoms with Crippen LogP contribution in [0.25, 0.3) is 5.32 Å². The largest absolute Gasteiger partial charge is 0.589 e. The first-order chi connectivity index (χ1) is 7.25. The van der Waals surface area contributed by atoms with Gasteiger partial charge >= 0.3 is 0 Å². The molecular formula is C8H12N4O2S. The Kier molecular flexibility index (Phi) is 3.10. The molecule has 0 bridgehead atoms. The van der Waals surface area contributed by atoms with Crippen LogP contribution in [0.15, 0.2) is 10.7 Å². The molecule has 0 aromatic carbocycles. The number of carbonyl (C=O) groups excluding carboxylic acids is 1. The molecule has 82 valence electrons. The summed E-state index contributed by atoms with van der Waals surface area (Å²) in [7, 11) is 0. The van der Waals surface area contributed by atoms with Crippen LogP contribution in [0.3, 0.4) is 0 Å². The molecule has 0 aliphatic carbocycles. The molecule has 1 saturated heterocycles. The lowest BCUT2D eigenvalue weighted by Crippen LogP contribution is -2.61. The van der Waals surface area contributed by atoms with Gasteiger partial charge in [-0.3, -0.25) is 0 Å². The van der Waals surface area contributed by atoms with Crippen LogP contribution in [0.2, 0.25) is 0 Å². The fourth-order valence-corrected chi connectivity index (χ4v) is 2.21. The number of rotatable bonds is 2. The fourth-order valence-electron chi connectivity index (χ4n) is 1.33. The second-order valence-corrected chi connectivity index (χ2v) is 4.38. The molecule has 15 heavy (non-hydrogen) atoms. The zero-order valence-electron chi connectivity index (χ0n) is 8.42.